The van der Waals surface area contributed by atoms with Gasteiger partial charge in [0, 0.05) is 6.54 Å². The number of nitrogens with two attached hydrogens (primary N) is 2. The molecule has 0 fully saturated rings. The van der Waals surface area contributed by atoms with Gasteiger partial charge in [0.25, 0.3) is 0 Å². The molecular formula is C13H14FN3O2S. The van der Waals surface area contributed by atoms with Crippen LogP contribution in [0.1, 0.15) is 5.56 Å². The molecule has 0 amide bonds. The van der Waals surface area contributed by atoms with Crippen molar-refractivity contribution in [3.8, 4) is 0 Å². The summed E-state index contributed by atoms with van der Waals surface area (Å²) >= 11 is 0. The van der Waals surface area contributed by atoms with Gasteiger partial charge in [-0.1, -0.05) is 18.2 Å². The number of rotatable bonds is 4. The largest absolute Gasteiger partial charge is 0.396 e. The maximum atomic E-state index is 12.8. The Morgan fingerprint density at radius 2 is 1.75 bits per heavy atom. The standard InChI is InChI=1S/C13H14FN3O2S/c14-10-6-4-9(5-7-10)8-17-11-2-1-3-12(13(11)15)20(16,18)19/h1-7,17H,8,15H2,(H2,16,18,19). The number of halogens is 1. The molecular weight excluding hydrogens is 281 g/mol. The molecule has 2 aromatic carbocycles. The second-order valence-corrected chi connectivity index (χ2v) is 5.77. The van der Waals surface area contributed by atoms with Gasteiger partial charge in [-0.2, -0.15) is 0 Å². The van der Waals surface area contributed by atoms with Crippen molar-refractivity contribution in [1.82, 2.24) is 0 Å². The first-order chi connectivity index (χ1) is 9.38. The van der Waals surface area contributed by atoms with E-state index in [9.17, 15) is 12.8 Å². The van der Waals surface area contributed by atoms with Crippen LogP contribution in [0.2, 0.25) is 0 Å². The highest BCUT2D eigenvalue weighted by atomic mass is 32.2. The van der Waals surface area contributed by atoms with Gasteiger partial charge in [-0.05, 0) is 29.8 Å². The maximum Gasteiger partial charge on any atom is 0.240 e. The fraction of sp³-hybridized carbons (Fsp3) is 0.0769. The second kappa shape index (κ2) is 5.48. The van der Waals surface area contributed by atoms with Crippen LogP contribution in [0.25, 0.3) is 0 Å². The smallest absolute Gasteiger partial charge is 0.240 e. The summed E-state index contributed by atoms with van der Waals surface area (Å²) in [4.78, 5) is -0.124. The molecule has 0 spiro atoms. The highest BCUT2D eigenvalue weighted by molar-refractivity contribution is 7.89. The van der Waals surface area contributed by atoms with E-state index in [4.69, 9.17) is 10.9 Å². The molecule has 0 aliphatic carbocycles. The summed E-state index contributed by atoms with van der Waals surface area (Å²) in [7, 11) is -3.86. The molecule has 106 valence electrons. The van der Waals surface area contributed by atoms with E-state index in [0.717, 1.165) is 5.56 Å². The van der Waals surface area contributed by atoms with Crippen molar-refractivity contribution in [3.05, 3.63) is 53.8 Å². The fourth-order valence-corrected chi connectivity index (χ4v) is 2.43. The van der Waals surface area contributed by atoms with Crippen molar-refractivity contribution in [3.63, 3.8) is 0 Å². The van der Waals surface area contributed by atoms with E-state index in [-0.39, 0.29) is 16.4 Å². The van der Waals surface area contributed by atoms with Crippen molar-refractivity contribution < 1.29 is 12.8 Å². The quantitative estimate of drug-likeness (QED) is 0.747. The first-order valence-corrected chi connectivity index (χ1v) is 7.32. The van der Waals surface area contributed by atoms with E-state index in [0.29, 0.717) is 12.2 Å². The molecule has 0 saturated carbocycles. The zero-order chi connectivity index (χ0) is 14.8. The first kappa shape index (κ1) is 14.3. The third-order valence-electron chi connectivity index (χ3n) is 2.77. The third kappa shape index (κ3) is 3.25. The molecule has 7 heteroatoms. The van der Waals surface area contributed by atoms with Gasteiger partial charge < -0.3 is 11.1 Å². The van der Waals surface area contributed by atoms with E-state index < -0.39 is 10.0 Å². The number of nitrogens with one attached hydrogen (secondary N) is 1. The average Bonchev–Trinajstić information content (AvgIpc) is 2.38. The SMILES string of the molecule is Nc1c(NCc2ccc(F)cc2)cccc1S(N)(=O)=O. The van der Waals surface area contributed by atoms with Crippen molar-refractivity contribution in [1.29, 1.82) is 0 Å². The van der Waals surface area contributed by atoms with Gasteiger partial charge in [0.15, 0.2) is 0 Å². The molecule has 0 bridgehead atoms. The lowest BCUT2D eigenvalue weighted by molar-refractivity contribution is 0.598. The van der Waals surface area contributed by atoms with Gasteiger partial charge >= 0.3 is 0 Å². The molecule has 0 aliphatic rings. The van der Waals surface area contributed by atoms with Gasteiger partial charge in [0.2, 0.25) is 10.0 Å². The molecule has 0 heterocycles. The first-order valence-electron chi connectivity index (χ1n) is 5.77. The number of sulfonamides is 1. The molecule has 2 rings (SSSR count). The van der Waals surface area contributed by atoms with Crippen LogP contribution < -0.4 is 16.2 Å². The van der Waals surface area contributed by atoms with Crippen LogP contribution in [-0.2, 0) is 16.6 Å². The van der Waals surface area contributed by atoms with Gasteiger partial charge in [0.1, 0.15) is 10.7 Å². The lowest BCUT2D eigenvalue weighted by Crippen LogP contribution is -2.15. The summed E-state index contributed by atoms with van der Waals surface area (Å²) in [6, 6.07) is 10.5. The molecule has 0 unspecified atom stereocenters. The predicted octanol–water partition coefficient (Wildman–Crippen LogP) is 1.67. The molecule has 20 heavy (non-hydrogen) atoms. The molecule has 0 radical (unpaired) electrons. The van der Waals surface area contributed by atoms with Gasteiger partial charge in [-0.15, -0.1) is 0 Å². The van der Waals surface area contributed by atoms with Crippen molar-refractivity contribution in [2.75, 3.05) is 11.1 Å². The monoisotopic (exact) mass is 295 g/mol. The van der Waals surface area contributed by atoms with Crippen LogP contribution in [0.5, 0.6) is 0 Å². The summed E-state index contributed by atoms with van der Waals surface area (Å²) < 4.78 is 35.5. The van der Waals surface area contributed by atoms with E-state index >= 15 is 0 Å². The zero-order valence-electron chi connectivity index (χ0n) is 10.5. The maximum absolute atomic E-state index is 12.8. The van der Waals surface area contributed by atoms with Gasteiger partial charge in [0.05, 0.1) is 11.4 Å². The lowest BCUT2D eigenvalue weighted by atomic mass is 10.2. The number of benzene rings is 2. The van der Waals surface area contributed by atoms with Crippen LogP contribution in [0.15, 0.2) is 47.4 Å². The summed E-state index contributed by atoms with van der Waals surface area (Å²) in [6.45, 7) is 0.387. The molecule has 2 aromatic rings. The molecule has 0 saturated heterocycles. The van der Waals surface area contributed by atoms with Crippen LogP contribution in [0.3, 0.4) is 0 Å². The molecule has 5 nitrogen and oxygen atoms in total. The average molecular weight is 295 g/mol. The Bertz CT molecular complexity index is 715. The lowest BCUT2D eigenvalue weighted by Gasteiger charge is -2.12. The zero-order valence-corrected chi connectivity index (χ0v) is 11.3. The summed E-state index contributed by atoms with van der Waals surface area (Å²) in [5.74, 6) is -0.315. The minimum Gasteiger partial charge on any atom is -0.396 e. The Morgan fingerprint density at radius 3 is 2.35 bits per heavy atom. The Labute approximate surface area is 116 Å². The highest BCUT2D eigenvalue weighted by Gasteiger charge is 2.14. The van der Waals surface area contributed by atoms with Gasteiger partial charge in [-0.25, -0.2) is 17.9 Å². The number of hydrogen-bond acceptors (Lipinski definition) is 4. The van der Waals surface area contributed by atoms with E-state index in [1.807, 2.05) is 0 Å². The van der Waals surface area contributed by atoms with E-state index in [1.165, 1.54) is 18.2 Å². The highest BCUT2D eigenvalue weighted by Crippen LogP contribution is 2.26. The summed E-state index contributed by atoms with van der Waals surface area (Å²) in [5.41, 5.74) is 7.14. The number of hydrogen-bond donors (Lipinski definition) is 3. The van der Waals surface area contributed by atoms with Crippen molar-refractivity contribution in [2.45, 2.75) is 11.4 Å². The van der Waals surface area contributed by atoms with E-state index in [2.05, 4.69) is 5.32 Å². The molecule has 0 aliphatic heterocycles. The van der Waals surface area contributed by atoms with E-state index in [1.54, 1.807) is 24.3 Å². The second-order valence-electron chi connectivity index (χ2n) is 4.24. The molecule has 5 N–H and O–H groups in total. The summed E-state index contributed by atoms with van der Waals surface area (Å²) in [6.07, 6.45) is 0. The minimum atomic E-state index is -3.86. The Morgan fingerprint density at radius 1 is 1.10 bits per heavy atom. The topological polar surface area (TPSA) is 98.2 Å². The number of anilines is 2. The van der Waals surface area contributed by atoms with Crippen molar-refractivity contribution >= 4 is 21.4 Å². The Balaban J connectivity index is 2.20. The van der Waals surface area contributed by atoms with Crippen LogP contribution in [0, 0.1) is 5.82 Å². The van der Waals surface area contributed by atoms with Crippen molar-refractivity contribution in [2.24, 2.45) is 5.14 Å². The third-order valence-corrected chi connectivity index (χ3v) is 3.74. The number of para-hydroxylation sites is 1. The number of nitrogen functional groups attached to an aromatic ring is 1. The van der Waals surface area contributed by atoms with Gasteiger partial charge in [-0.3, -0.25) is 0 Å². The summed E-state index contributed by atoms with van der Waals surface area (Å²) in [5, 5.41) is 8.07. The Kier molecular flexibility index (Phi) is 3.91. The van der Waals surface area contributed by atoms with Crippen LogP contribution in [-0.4, -0.2) is 8.42 Å². The Hall–Kier alpha value is -2.12. The fourth-order valence-electron chi connectivity index (χ4n) is 1.75. The molecule has 0 atom stereocenters. The number of primary sulfonamides is 1. The normalized spacial score (nSPS) is 11.3. The minimum absolute atomic E-state index is 0.0668. The van der Waals surface area contributed by atoms with Crippen LogP contribution >= 0.6 is 0 Å². The molecule has 0 aromatic heterocycles. The predicted molar refractivity (Wildman–Crippen MR) is 76.0 cm³/mol. The van der Waals surface area contributed by atoms with Crippen LogP contribution in [0.4, 0.5) is 15.8 Å².